The lowest BCUT2D eigenvalue weighted by Gasteiger charge is -2.14. The molecule has 1 heterocycles. The summed E-state index contributed by atoms with van der Waals surface area (Å²) in [5.74, 6) is 0.650. The van der Waals surface area contributed by atoms with Crippen molar-refractivity contribution < 1.29 is 21.6 Å². The lowest BCUT2D eigenvalue weighted by Crippen LogP contribution is -2.19. The first-order valence-corrected chi connectivity index (χ1v) is 9.70. The second-order valence-corrected chi connectivity index (χ2v) is 8.58. The molecule has 26 heavy (non-hydrogen) atoms. The summed E-state index contributed by atoms with van der Waals surface area (Å²) in [7, 11) is -3.94. The van der Waals surface area contributed by atoms with Crippen molar-refractivity contribution in [3.63, 3.8) is 0 Å². The fraction of sp³-hybridized carbons (Fsp3) is 0.333. The highest BCUT2D eigenvalue weighted by Crippen LogP contribution is 2.56. The van der Waals surface area contributed by atoms with Gasteiger partial charge in [-0.3, -0.25) is 4.72 Å². The van der Waals surface area contributed by atoms with E-state index in [1.165, 1.54) is 5.56 Å². The minimum atomic E-state index is -4.50. The van der Waals surface area contributed by atoms with Crippen molar-refractivity contribution in [2.24, 2.45) is 5.92 Å². The van der Waals surface area contributed by atoms with Gasteiger partial charge in [-0.1, -0.05) is 12.1 Å². The first-order valence-electron chi connectivity index (χ1n) is 8.22. The molecule has 2 fully saturated rings. The maximum absolute atomic E-state index is 12.6. The van der Waals surface area contributed by atoms with Crippen LogP contribution in [0.3, 0.4) is 0 Å². The van der Waals surface area contributed by atoms with Crippen LogP contribution in [0.1, 0.15) is 17.5 Å². The van der Waals surface area contributed by atoms with Crippen LogP contribution < -0.4 is 10.0 Å². The van der Waals surface area contributed by atoms with Crippen LogP contribution >= 0.6 is 0 Å². The monoisotopic (exact) mass is 382 g/mol. The molecule has 1 aliphatic heterocycles. The molecule has 0 amide bonds. The normalized spacial score (nSPS) is 25.0. The lowest BCUT2D eigenvalue weighted by atomic mass is 9.95. The molecule has 0 unspecified atom stereocenters. The molecule has 0 bridgehead atoms. The molecule has 0 aromatic heterocycles. The van der Waals surface area contributed by atoms with Crippen LogP contribution in [0.25, 0.3) is 0 Å². The summed E-state index contributed by atoms with van der Waals surface area (Å²) >= 11 is 0. The quantitative estimate of drug-likeness (QED) is 0.853. The molecular formula is C18H17F3N2O2S. The number of piperidine rings is 1. The van der Waals surface area contributed by atoms with E-state index < -0.39 is 21.8 Å². The predicted octanol–water partition coefficient (Wildman–Crippen LogP) is 3.37. The number of anilines is 1. The van der Waals surface area contributed by atoms with E-state index in [1.54, 1.807) is 12.1 Å². The summed E-state index contributed by atoms with van der Waals surface area (Å²) in [6, 6.07) is 10.7. The highest BCUT2D eigenvalue weighted by molar-refractivity contribution is 7.92. The van der Waals surface area contributed by atoms with E-state index in [0.717, 1.165) is 43.8 Å². The van der Waals surface area contributed by atoms with Crippen molar-refractivity contribution in [1.82, 2.24) is 5.32 Å². The Morgan fingerprint density at radius 3 is 2.19 bits per heavy atom. The zero-order chi connectivity index (χ0) is 18.6. The van der Waals surface area contributed by atoms with Gasteiger partial charge in [-0.2, -0.15) is 13.2 Å². The smallest absolute Gasteiger partial charge is 0.316 e. The highest BCUT2D eigenvalue weighted by Gasteiger charge is 2.57. The third kappa shape index (κ3) is 2.97. The topological polar surface area (TPSA) is 58.2 Å². The Labute approximate surface area is 149 Å². The summed E-state index contributed by atoms with van der Waals surface area (Å²) in [4.78, 5) is -0.213. The van der Waals surface area contributed by atoms with E-state index in [0.29, 0.717) is 11.6 Å². The Morgan fingerprint density at radius 1 is 1.04 bits per heavy atom. The van der Waals surface area contributed by atoms with Crippen LogP contribution in [0.15, 0.2) is 53.4 Å². The SMILES string of the molecule is O=S(=O)(Nc1ccc([C@@]23CNC[C@@H]2C3)cc1)c1ccc(C(F)(F)F)cc1. The predicted molar refractivity (Wildman–Crippen MR) is 91.3 cm³/mol. The molecule has 2 aromatic rings. The van der Waals surface area contributed by atoms with E-state index in [1.807, 2.05) is 12.1 Å². The number of halogens is 3. The van der Waals surface area contributed by atoms with Gasteiger partial charge in [-0.15, -0.1) is 0 Å². The third-order valence-electron chi connectivity index (χ3n) is 5.27. The molecule has 1 saturated carbocycles. The summed E-state index contributed by atoms with van der Waals surface area (Å²) in [5.41, 5.74) is 0.868. The second-order valence-electron chi connectivity index (χ2n) is 6.89. The summed E-state index contributed by atoms with van der Waals surface area (Å²) in [5, 5.41) is 3.36. The average molecular weight is 382 g/mol. The zero-order valence-corrected chi connectivity index (χ0v) is 14.5. The van der Waals surface area contributed by atoms with Gasteiger partial charge in [0, 0.05) is 17.6 Å². The van der Waals surface area contributed by atoms with Crippen molar-refractivity contribution in [2.75, 3.05) is 17.8 Å². The maximum atomic E-state index is 12.6. The van der Waals surface area contributed by atoms with Gasteiger partial charge in [-0.25, -0.2) is 8.42 Å². The Morgan fingerprint density at radius 2 is 1.69 bits per heavy atom. The molecule has 0 radical (unpaired) electrons. The van der Waals surface area contributed by atoms with Crippen LogP contribution in [0.4, 0.5) is 18.9 Å². The lowest BCUT2D eigenvalue weighted by molar-refractivity contribution is -0.137. The van der Waals surface area contributed by atoms with Crippen molar-refractivity contribution in [2.45, 2.75) is 22.9 Å². The van der Waals surface area contributed by atoms with Gasteiger partial charge in [0.05, 0.1) is 10.5 Å². The fourth-order valence-corrected chi connectivity index (χ4v) is 4.76. The van der Waals surface area contributed by atoms with E-state index in [-0.39, 0.29) is 10.3 Å². The Hall–Kier alpha value is -2.06. The largest absolute Gasteiger partial charge is 0.416 e. The van der Waals surface area contributed by atoms with Gasteiger partial charge in [0.25, 0.3) is 10.0 Å². The number of nitrogens with one attached hydrogen (secondary N) is 2. The molecule has 4 rings (SSSR count). The standard InChI is InChI=1S/C18H17F3N2O2S/c19-18(20,21)13-3-7-16(8-4-13)26(24,25)23-15-5-1-12(2-6-15)17-9-14(17)10-22-11-17/h1-8,14,22-23H,9-11H2/t14-,17+/m0/s1. The second kappa shape index (κ2) is 5.72. The number of benzene rings is 2. The van der Waals surface area contributed by atoms with Crippen LogP contribution in [0.5, 0.6) is 0 Å². The minimum absolute atomic E-state index is 0.185. The molecule has 2 atom stereocenters. The Kier molecular flexibility index (Phi) is 3.82. The summed E-state index contributed by atoms with van der Waals surface area (Å²) in [6.07, 6.45) is -3.35. The van der Waals surface area contributed by atoms with Crippen LogP contribution in [-0.2, 0) is 21.6 Å². The summed E-state index contributed by atoms with van der Waals surface area (Å²) in [6.45, 7) is 1.95. The third-order valence-corrected chi connectivity index (χ3v) is 6.66. The molecule has 0 spiro atoms. The zero-order valence-electron chi connectivity index (χ0n) is 13.7. The molecule has 138 valence electrons. The van der Waals surface area contributed by atoms with Gasteiger partial charge in [0.15, 0.2) is 0 Å². The summed E-state index contributed by atoms with van der Waals surface area (Å²) < 4.78 is 64.9. The first-order chi connectivity index (χ1) is 12.2. The van der Waals surface area contributed by atoms with Crippen molar-refractivity contribution in [3.05, 3.63) is 59.7 Å². The first kappa shape index (κ1) is 17.4. The van der Waals surface area contributed by atoms with Gasteiger partial charge >= 0.3 is 6.18 Å². The average Bonchev–Trinajstić information content (AvgIpc) is 3.15. The molecule has 4 nitrogen and oxygen atoms in total. The van der Waals surface area contributed by atoms with Crippen molar-refractivity contribution in [3.8, 4) is 0 Å². The Balaban J connectivity index is 1.51. The molecule has 2 aliphatic rings. The van der Waals surface area contributed by atoms with Gasteiger partial charge in [0.1, 0.15) is 0 Å². The minimum Gasteiger partial charge on any atom is -0.316 e. The number of alkyl halides is 3. The molecule has 8 heteroatoms. The Bertz CT molecular complexity index is 924. The van der Waals surface area contributed by atoms with E-state index in [4.69, 9.17) is 0 Å². The van der Waals surface area contributed by atoms with Crippen LogP contribution in [0.2, 0.25) is 0 Å². The number of sulfonamides is 1. The molecule has 2 aromatic carbocycles. The number of rotatable bonds is 4. The van der Waals surface area contributed by atoms with Crippen LogP contribution in [-0.4, -0.2) is 21.5 Å². The van der Waals surface area contributed by atoms with Gasteiger partial charge < -0.3 is 5.32 Å². The highest BCUT2D eigenvalue weighted by atomic mass is 32.2. The van der Waals surface area contributed by atoms with E-state index in [2.05, 4.69) is 10.0 Å². The number of hydrogen-bond acceptors (Lipinski definition) is 3. The van der Waals surface area contributed by atoms with Crippen molar-refractivity contribution >= 4 is 15.7 Å². The van der Waals surface area contributed by atoms with Gasteiger partial charge in [0.2, 0.25) is 0 Å². The van der Waals surface area contributed by atoms with E-state index >= 15 is 0 Å². The van der Waals surface area contributed by atoms with Crippen molar-refractivity contribution in [1.29, 1.82) is 0 Å². The number of fused-ring (bicyclic) bond motifs is 1. The molecule has 1 saturated heterocycles. The van der Waals surface area contributed by atoms with Crippen LogP contribution in [0, 0.1) is 5.92 Å². The molecule has 1 aliphatic carbocycles. The number of hydrogen-bond donors (Lipinski definition) is 2. The van der Waals surface area contributed by atoms with Gasteiger partial charge in [-0.05, 0) is 60.8 Å². The fourth-order valence-electron chi connectivity index (χ4n) is 3.70. The molecule has 2 N–H and O–H groups in total. The van der Waals surface area contributed by atoms with E-state index in [9.17, 15) is 21.6 Å². The molecular weight excluding hydrogens is 365 g/mol. The maximum Gasteiger partial charge on any atom is 0.416 e.